The average Bonchev–Trinajstić information content (AvgIpc) is 2.53. The highest BCUT2D eigenvalue weighted by atomic mass is 16.7. The lowest BCUT2D eigenvalue weighted by Gasteiger charge is -1.98. The summed E-state index contributed by atoms with van der Waals surface area (Å²) in [6.07, 6.45) is 8.08. The number of ether oxygens (including phenoxy) is 2. The maximum absolute atomic E-state index is 10.7. The van der Waals surface area contributed by atoms with Crippen LogP contribution >= 0.6 is 0 Å². The minimum atomic E-state index is -0.668. The molecule has 3 heteroatoms. The molecule has 0 saturated heterocycles. The van der Waals surface area contributed by atoms with E-state index in [2.05, 4.69) is 9.47 Å². The van der Waals surface area contributed by atoms with Gasteiger partial charge in [-0.25, -0.2) is 4.79 Å². The van der Waals surface area contributed by atoms with Crippen molar-refractivity contribution in [1.82, 2.24) is 0 Å². The summed E-state index contributed by atoms with van der Waals surface area (Å²) in [7, 11) is 0. The summed E-state index contributed by atoms with van der Waals surface area (Å²) in [5.41, 5.74) is 0.850. The zero-order valence-corrected chi connectivity index (χ0v) is 6.82. The summed E-state index contributed by atoms with van der Waals surface area (Å²) >= 11 is 0. The quantitative estimate of drug-likeness (QED) is 0.466. The molecular formula is C9H10O3. The molecule has 0 aromatic carbocycles. The maximum Gasteiger partial charge on any atom is 0.513 e. The van der Waals surface area contributed by atoms with Gasteiger partial charge in [-0.3, -0.25) is 0 Å². The molecule has 0 aliphatic heterocycles. The van der Waals surface area contributed by atoms with E-state index in [9.17, 15) is 4.79 Å². The molecule has 0 saturated carbocycles. The molecule has 1 aliphatic rings. The van der Waals surface area contributed by atoms with E-state index in [4.69, 9.17) is 0 Å². The van der Waals surface area contributed by atoms with Gasteiger partial charge in [0.1, 0.15) is 6.26 Å². The molecule has 0 fully saturated rings. The number of hydrogen-bond acceptors (Lipinski definition) is 3. The monoisotopic (exact) mass is 166 g/mol. The van der Waals surface area contributed by atoms with E-state index in [0.717, 1.165) is 5.57 Å². The molecule has 0 bridgehead atoms. The number of rotatable bonds is 2. The van der Waals surface area contributed by atoms with Crippen molar-refractivity contribution in [2.24, 2.45) is 0 Å². The Bertz CT molecular complexity index is 234. The Balaban J connectivity index is 2.33. The van der Waals surface area contributed by atoms with Crippen LogP contribution in [0.25, 0.3) is 0 Å². The molecule has 0 aromatic heterocycles. The van der Waals surface area contributed by atoms with Crippen LogP contribution in [0.2, 0.25) is 0 Å². The zero-order valence-electron chi connectivity index (χ0n) is 6.82. The topological polar surface area (TPSA) is 35.5 Å². The van der Waals surface area contributed by atoms with Gasteiger partial charge in [0.15, 0.2) is 0 Å². The molecule has 3 nitrogen and oxygen atoms in total. The van der Waals surface area contributed by atoms with Crippen LogP contribution in [0.1, 0.15) is 6.92 Å². The van der Waals surface area contributed by atoms with Crippen molar-refractivity contribution in [3.63, 3.8) is 0 Å². The van der Waals surface area contributed by atoms with E-state index in [1.165, 1.54) is 6.26 Å². The van der Waals surface area contributed by atoms with Crippen LogP contribution in [0.15, 0.2) is 36.1 Å². The Morgan fingerprint density at radius 1 is 1.50 bits per heavy atom. The Hall–Kier alpha value is -1.51. The molecule has 0 atom stereocenters. The predicted molar refractivity (Wildman–Crippen MR) is 44.5 cm³/mol. The number of carbonyl (C=O) groups is 1. The van der Waals surface area contributed by atoms with E-state index in [0.29, 0.717) is 6.61 Å². The van der Waals surface area contributed by atoms with Crippen molar-refractivity contribution in [2.45, 2.75) is 6.92 Å². The summed E-state index contributed by atoms with van der Waals surface area (Å²) < 4.78 is 9.19. The first-order valence-corrected chi connectivity index (χ1v) is 3.71. The number of hydrogen-bond donors (Lipinski definition) is 0. The number of carbonyl (C=O) groups excluding carboxylic acids is 1. The molecule has 0 heterocycles. The second-order valence-electron chi connectivity index (χ2n) is 2.14. The van der Waals surface area contributed by atoms with Crippen LogP contribution in [0.5, 0.6) is 0 Å². The van der Waals surface area contributed by atoms with Crippen LogP contribution < -0.4 is 0 Å². The van der Waals surface area contributed by atoms with Gasteiger partial charge in [0.25, 0.3) is 0 Å². The van der Waals surface area contributed by atoms with Gasteiger partial charge in [0.2, 0.25) is 0 Å². The first-order chi connectivity index (χ1) is 5.83. The standard InChI is InChI=1S/C9H10O3/c1-2-11-9(10)12-7-8-5-3-4-6-8/h3-7H,2H2,1H3. The van der Waals surface area contributed by atoms with Gasteiger partial charge in [-0.05, 0) is 6.92 Å². The van der Waals surface area contributed by atoms with Gasteiger partial charge in [-0.2, -0.15) is 0 Å². The first-order valence-electron chi connectivity index (χ1n) is 3.71. The van der Waals surface area contributed by atoms with Crippen LogP contribution in [0, 0.1) is 0 Å². The third-order valence-electron chi connectivity index (χ3n) is 1.24. The third-order valence-corrected chi connectivity index (χ3v) is 1.24. The predicted octanol–water partition coefficient (Wildman–Crippen LogP) is 2.17. The Morgan fingerprint density at radius 2 is 2.17 bits per heavy atom. The summed E-state index contributed by atoms with van der Waals surface area (Å²) in [5, 5.41) is 0. The van der Waals surface area contributed by atoms with Crippen molar-refractivity contribution in [3.05, 3.63) is 36.1 Å². The minimum Gasteiger partial charge on any atom is -0.434 e. The molecule has 0 spiro atoms. The van der Waals surface area contributed by atoms with E-state index >= 15 is 0 Å². The Morgan fingerprint density at radius 3 is 2.75 bits per heavy atom. The zero-order chi connectivity index (χ0) is 8.81. The molecule has 1 aliphatic carbocycles. The molecule has 0 N–H and O–H groups in total. The Labute approximate surface area is 71.0 Å². The van der Waals surface area contributed by atoms with Gasteiger partial charge in [-0.15, -0.1) is 0 Å². The third kappa shape index (κ3) is 2.62. The molecule has 12 heavy (non-hydrogen) atoms. The van der Waals surface area contributed by atoms with E-state index < -0.39 is 6.16 Å². The largest absolute Gasteiger partial charge is 0.513 e. The highest BCUT2D eigenvalue weighted by Crippen LogP contribution is 2.06. The van der Waals surface area contributed by atoms with Crippen molar-refractivity contribution in [1.29, 1.82) is 0 Å². The molecule has 0 aromatic rings. The number of allylic oxidation sites excluding steroid dienone is 5. The molecule has 1 rings (SSSR count). The van der Waals surface area contributed by atoms with Gasteiger partial charge in [0.05, 0.1) is 6.61 Å². The van der Waals surface area contributed by atoms with Crippen LogP contribution in [0.4, 0.5) is 4.79 Å². The van der Waals surface area contributed by atoms with Gasteiger partial charge < -0.3 is 9.47 Å². The normalized spacial score (nSPS) is 13.2. The molecular weight excluding hydrogens is 156 g/mol. The van der Waals surface area contributed by atoms with Crippen LogP contribution in [-0.4, -0.2) is 12.8 Å². The summed E-state index contributed by atoms with van der Waals surface area (Å²) in [6, 6.07) is 0. The highest BCUT2D eigenvalue weighted by Gasteiger charge is 1.99. The summed E-state index contributed by atoms with van der Waals surface area (Å²) in [4.78, 5) is 10.7. The van der Waals surface area contributed by atoms with E-state index in [1.54, 1.807) is 6.92 Å². The summed E-state index contributed by atoms with van der Waals surface area (Å²) in [5.74, 6) is 0. The summed E-state index contributed by atoms with van der Waals surface area (Å²) in [6.45, 7) is 2.05. The smallest absolute Gasteiger partial charge is 0.434 e. The first kappa shape index (κ1) is 8.59. The van der Waals surface area contributed by atoms with Gasteiger partial charge >= 0.3 is 6.16 Å². The van der Waals surface area contributed by atoms with E-state index in [-0.39, 0.29) is 0 Å². The second kappa shape index (κ2) is 4.38. The lowest BCUT2D eigenvalue weighted by Crippen LogP contribution is -2.02. The lowest BCUT2D eigenvalue weighted by atomic mass is 10.3. The maximum atomic E-state index is 10.7. The van der Waals surface area contributed by atoms with Crippen molar-refractivity contribution >= 4 is 6.16 Å². The second-order valence-corrected chi connectivity index (χ2v) is 2.14. The lowest BCUT2D eigenvalue weighted by molar-refractivity contribution is 0.0891. The van der Waals surface area contributed by atoms with Crippen molar-refractivity contribution < 1.29 is 14.3 Å². The molecule has 64 valence electrons. The molecule has 0 radical (unpaired) electrons. The SMILES string of the molecule is CCOC(=O)OC=C1C=CC=C1. The highest BCUT2D eigenvalue weighted by molar-refractivity contribution is 5.61. The van der Waals surface area contributed by atoms with E-state index in [1.807, 2.05) is 24.3 Å². The van der Waals surface area contributed by atoms with Crippen molar-refractivity contribution in [2.75, 3.05) is 6.61 Å². The molecule has 0 amide bonds. The van der Waals surface area contributed by atoms with Gasteiger partial charge in [-0.1, -0.05) is 24.3 Å². The fraction of sp³-hybridized carbons (Fsp3) is 0.222. The fourth-order valence-electron chi connectivity index (χ4n) is 0.735. The van der Waals surface area contributed by atoms with Crippen LogP contribution in [0.3, 0.4) is 0 Å². The fourth-order valence-corrected chi connectivity index (χ4v) is 0.735. The molecule has 0 unspecified atom stereocenters. The van der Waals surface area contributed by atoms with Gasteiger partial charge in [0, 0.05) is 5.57 Å². The minimum absolute atomic E-state index is 0.327. The average molecular weight is 166 g/mol. The van der Waals surface area contributed by atoms with Crippen molar-refractivity contribution in [3.8, 4) is 0 Å². The van der Waals surface area contributed by atoms with Crippen LogP contribution in [-0.2, 0) is 9.47 Å². The Kier molecular flexibility index (Phi) is 3.14.